The van der Waals surface area contributed by atoms with Crippen LogP contribution in [0.25, 0.3) is 0 Å². The van der Waals surface area contributed by atoms with Gasteiger partial charge in [-0.1, -0.05) is 36.8 Å². The zero-order valence-corrected chi connectivity index (χ0v) is 10.5. The van der Waals surface area contributed by atoms with Crippen LogP contribution in [0.15, 0.2) is 30.9 Å². The number of rotatable bonds is 3. The normalized spacial score (nSPS) is 22.0. The van der Waals surface area contributed by atoms with E-state index in [4.69, 9.17) is 0 Å². The number of carbonyl (C=O) groups is 1. The van der Waals surface area contributed by atoms with Crippen LogP contribution in [0.3, 0.4) is 0 Å². The van der Waals surface area contributed by atoms with Crippen LogP contribution in [0, 0.1) is 12.3 Å². The highest BCUT2D eigenvalue weighted by atomic mass is 16.2. The third kappa shape index (κ3) is 2.26. The third-order valence-electron chi connectivity index (χ3n) is 3.48. The molecule has 0 heterocycles. The first-order chi connectivity index (χ1) is 8.05. The number of benzene rings is 1. The predicted octanol–water partition coefficient (Wildman–Crippen LogP) is 2.40. The number of aryl methyl sites for hydroxylation is 1. The van der Waals surface area contributed by atoms with Gasteiger partial charge in [0.2, 0.25) is 5.91 Å². The summed E-state index contributed by atoms with van der Waals surface area (Å²) < 4.78 is 0. The van der Waals surface area contributed by atoms with Gasteiger partial charge in [-0.2, -0.15) is 0 Å². The zero-order valence-electron chi connectivity index (χ0n) is 10.5. The summed E-state index contributed by atoms with van der Waals surface area (Å²) in [7, 11) is 0. The second-order valence-electron chi connectivity index (χ2n) is 5.19. The summed E-state index contributed by atoms with van der Waals surface area (Å²) in [6.07, 6.45) is 3.39. The first-order valence-corrected chi connectivity index (χ1v) is 6.03. The molecule has 2 rings (SSSR count). The minimum absolute atomic E-state index is 0.131. The van der Waals surface area contributed by atoms with E-state index in [1.165, 1.54) is 16.7 Å². The number of hydrogen-bond donors (Lipinski definition) is 1. The molecule has 0 aliphatic heterocycles. The van der Waals surface area contributed by atoms with Crippen molar-refractivity contribution in [3.63, 3.8) is 0 Å². The zero-order chi connectivity index (χ0) is 12.5. The van der Waals surface area contributed by atoms with Crippen molar-refractivity contribution in [2.45, 2.75) is 26.7 Å². The van der Waals surface area contributed by atoms with Gasteiger partial charge in [-0.3, -0.25) is 4.79 Å². The highest BCUT2D eigenvalue weighted by Crippen LogP contribution is 2.37. The summed E-state index contributed by atoms with van der Waals surface area (Å²) in [5, 5.41) is 2.91. The van der Waals surface area contributed by atoms with Gasteiger partial charge in [-0.15, -0.1) is 6.58 Å². The molecule has 1 aliphatic rings. The highest BCUT2D eigenvalue weighted by molar-refractivity contribution is 5.84. The Hall–Kier alpha value is -1.57. The molecule has 0 bridgehead atoms. The van der Waals surface area contributed by atoms with Gasteiger partial charge in [-0.05, 0) is 30.9 Å². The lowest BCUT2D eigenvalue weighted by Crippen LogP contribution is -2.39. The van der Waals surface area contributed by atoms with Gasteiger partial charge >= 0.3 is 0 Å². The molecule has 0 aromatic heterocycles. The summed E-state index contributed by atoms with van der Waals surface area (Å²) in [5.41, 5.74) is 3.60. The van der Waals surface area contributed by atoms with Crippen molar-refractivity contribution in [2.24, 2.45) is 5.41 Å². The molecule has 0 spiro atoms. The van der Waals surface area contributed by atoms with E-state index in [0.29, 0.717) is 6.54 Å². The minimum Gasteiger partial charge on any atom is -0.352 e. The first-order valence-electron chi connectivity index (χ1n) is 6.03. The van der Waals surface area contributed by atoms with Crippen molar-refractivity contribution in [3.05, 3.63) is 47.5 Å². The minimum atomic E-state index is -0.293. The SMILES string of the molecule is C=CCNC(=O)C1(C)Cc2ccc(C)cc2C1. The fraction of sp³-hybridized carbons (Fsp3) is 0.400. The summed E-state index contributed by atoms with van der Waals surface area (Å²) in [6.45, 7) is 8.30. The Morgan fingerprint density at radius 1 is 1.47 bits per heavy atom. The second-order valence-corrected chi connectivity index (χ2v) is 5.19. The Labute approximate surface area is 103 Å². The number of fused-ring (bicyclic) bond motifs is 1. The molecule has 0 saturated carbocycles. The van der Waals surface area contributed by atoms with Crippen molar-refractivity contribution >= 4 is 5.91 Å². The lowest BCUT2D eigenvalue weighted by atomic mass is 9.86. The largest absolute Gasteiger partial charge is 0.352 e. The Morgan fingerprint density at radius 2 is 2.18 bits per heavy atom. The van der Waals surface area contributed by atoms with Crippen LogP contribution in [-0.2, 0) is 17.6 Å². The predicted molar refractivity (Wildman–Crippen MR) is 69.9 cm³/mol. The Bertz CT molecular complexity index is 464. The maximum atomic E-state index is 12.1. The van der Waals surface area contributed by atoms with Crippen molar-refractivity contribution in [2.75, 3.05) is 6.54 Å². The molecule has 1 unspecified atom stereocenters. The molecular weight excluding hydrogens is 210 g/mol. The van der Waals surface area contributed by atoms with Crippen LogP contribution in [0.2, 0.25) is 0 Å². The molecule has 1 N–H and O–H groups in total. The van der Waals surface area contributed by atoms with Gasteiger partial charge in [-0.25, -0.2) is 0 Å². The van der Waals surface area contributed by atoms with Crippen LogP contribution in [0.1, 0.15) is 23.6 Å². The van der Waals surface area contributed by atoms with Gasteiger partial charge in [0.15, 0.2) is 0 Å². The smallest absolute Gasteiger partial charge is 0.226 e. The average Bonchev–Trinajstić information content (AvgIpc) is 2.62. The molecule has 0 radical (unpaired) electrons. The van der Waals surface area contributed by atoms with E-state index in [2.05, 4.69) is 37.0 Å². The maximum Gasteiger partial charge on any atom is 0.226 e. The third-order valence-corrected chi connectivity index (χ3v) is 3.48. The summed E-state index contributed by atoms with van der Waals surface area (Å²) >= 11 is 0. The number of hydrogen-bond acceptors (Lipinski definition) is 1. The van der Waals surface area contributed by atoms with Crippen molar-refractivity contribution in [1.82, 2.24) is 5.32 Å². The van der Waals surface area contributed by atoms with Gasteiger partial charge < -0.3 is 5.32 Å². The first kappa shape index (κ1) is 11.9. The number of nitrogens with one attached hydrogen (secondary N) is 1. The summed E-state index contributed by atoms with van der Waals surface area (Å²) in [5.74, 6) is 0.131. The molecule has 1 amide bonds. The second kappa shape index (κ2) is 4.36. The maximum absolute atomic E-state index is 12.1. The Kier molecular flexibility index (Phi) is 3.05. The molecule has 2 nitrogen and oxygen atoms in total. The lowest BCUT2D eigenvalue weighted by molar-refractivity contribution is -0.129. The molecule has 0 fully saturated rings. The standard InChI is InChI=1S/C15H19NO/c1-4-7-16-14(17)15(3)9-12-6-5-11(2)8-13(12)10-15/h4-6,8H,1,7,9-10H2,2-3H3,(H,16,17). The van der Waals surface area contributed by atoms with E-state index in [1.807, 2.05) is 6.92 Å². The fourth-order valence-corrected chi connectivity index (χ4v) is 2.53. The van der Waals surface area contributed by atoms with Crippen molar-refractivity contribution < 1.29 is 4.79 Å². The Balaban J connectivity index is 2.17. The van der Waals surface area contributed by atoms with E-state index >= 15 is 0 Å². The quantitative estimate of drug-likeness (QED) is 0.792. The van der Waals surface area contributed by atoms with Crippen LogP contribution in [0.4, 0.5) is 0 Å². The van der Waals surface area contributed by atoms with Gasteiger partial charge in [0, 0.05) is 6.54 Å². The van der Waals surface area contributed by atoms with Crippen molar-refractivity contribution in [3.8, 4) is 0 Å². The molecule has 1 aromatic rings. The summed E-state index contributed by atoms with van der Waals surface area (Å²) in [4.78, 5) is 12.1. The van der Waals surface area contributed by atoms with Crippen LogP contribution in [-0.4, -0.2) is 12.5 Å². The molecule has 1 aliphatic carbocycles. The molecule has 2 heteroatoms. The van der Waals surface area contributed by atoms with Gasteiger partial charge in [0.1, 0.15) is 0 Å². The van der Waals surface area contributed by atoms with Crippen molar-refractivity contribution in [1.29, 1.82) is 0 Å². The van der Waals surface area contributed by atoms with Gasteiger partial charge in [0.25, 0.3) is 0 Å². The van der Waals surface area contributed by atoms with Crippen LogP contribution in [0.5, 0.6) is 0 Å². The molecule has 90 valence electrons. The molecule has 17 heavy (non-hydrogen) atoms. The van der Waals surface area contributed by atoms with E-state index in [9.17, 15) is 4.79 Å². The summed E-state index contributed by atoms with van der Waals surface area (Å²) in [6, 6.07) is 6.46. The Morgan fingerprint density at radius 3 is 2.88 bits per heavy atom. The van der Waals surface area contributed by atoms with E-state index in [-0.39, 0.29) is 11.3 Å². The van der Waals surface area contributed by atoms with E-state index < -0.39 is 0 Å². The van der Waals surface area contributed by atoms with Gasteiger partial charge in [0.05, 0.1) is 5.41 Å². The average molecular weight is 229 g/mol. The number of carbonyl (C=O) groups excluding carboxylic acids is 1. The topological polar surface area (TPSA) is 29.1 Å². The molecule has 1 atom stereocenters. The van der Waals surface area contributed by atoms with E-state index in [0.717, 1.165) is 12.8 Å². The monoisotopic (exact) mass is 229 g/mol. The molecule has 0 saturated heterocycles. The number of amides is 1. The fourth-order valence-electron chi connectivity index (χ4n) is 2.53. The van der Waals surface area contributed by atoms with E-state index in [1.54, 1.807) is 6.08 Å². The molecular formula is C15H19NO. The molecule has 1 aromatic carbocycles. The lowest BCUT2D eigenvalue weighted by Gasteiger charge is -2.21. The van der Waals surface area contributed by atoms with Crippen LogP contribution >= 0.6 is 0 Å². The highest BCUT2D eigenvalue weighted by Gasteiger charge is 2.39. The van der Waals surface area contributed by atoms with Crippen LogP contribution < -0.4 is 5.32 Å².